The number of nitrogens with one attached hydrogen (secondary N) is 1. The molecule has 0 spiro atoms. The number of anilines is 2. The molecule has 4 aromatic carbocycles. The van der Waals surface area contributed by atoms with Crippen LogP contribution in [-0.4, -0.2) is 10.8 Å². The molecule has 1 aromatic heterocycles. The second-order valence-corrected chi connectivity index (χ2v) is 11.2. The van der Waals surface area contributed by atoms with Gasteiger partial charge in [0, 0.05) is 23.3 Å². The van der Waals surface area contributed by atoms with Crippen molar-refractivity contribution in [3.8, 4) is 10.4 Å². The molecule has 1 unspecified atom stereocenters. The van der Waals surface area contributed by atoms with Crippen LogP contribution in [0.25, 0.3) is 10.4 Å². The Morgan fingerprint density at radius 3 is 2.02 bits per heavy atom. The van der Waals surface area contributed by atoms with Crippen molar-refractivity contribution in [3.05, 3.63) is 143 Å². The minimum Gasteiger partial charge on any atom is -0.397 e. The number of hydrogen-bond donors (Lipinski definition) is 3. The van der Waals surface area contributed by atoms with Gasteiger partial charge in [-0.1, -0.05) is 84.9 Å². The van der Waals surface area contributed by atoms with E-state index in [1.165, 1.54) is 0 Å². The summed E-state index contributed by atoms with van der Waals surface area (Å²) in [5, 5.41) is 4.92. The fourth-order valence-electron chi connectivity index (χ4n) is 4.80. The third kappa shape index (κ3) is 6.58. The molecule has 0 saturated carbocycles. The number of carbonyl (C=O) groups excluding carboxylic acids is 1. The molecular formula is C32H29N2O4PS. The van der Waals surface area contributed by atoms with Crippen molar-refractivity contribution >= 4 is 36.9 Å². The van der Waals surface area contributed by atoms with Crippen molar-refractivity contribution in [2.75, 3.05) is 11.1 Å². The number of hydrogen-bond acceptors (Lipinski definition) is 5. The Bertz CT molecular complexity index is 1550. The fourth-order valence-corrected chi connectivity index (χ4v) is 6.12. The number of thiophene rings is 1. The minimum atomic E-state index is -3.31. The molecule has 0 aliphatic carbocycles. The zero-order valence-corrected chi connectivity index (χ0v) is 23.4. The average molecular weight is 569 g/mol. The molecule has 1 heterocycles. The fraction of sp³-hybridized carbons (Fsp3) is 0.0938. The lowest BCUT2D eigenvalue weighted by atomic mass is 9.82. The SMILES string of the molecule is Nc1ccc(-c2cccs2)cc1NC(=O)c1ccc(C(Cc2ccccc2)(Cc2ccccc2)O[PH](=O)O)cc1. The lowest BCUT2D eigenvalue weighted by Gasteiger charge is -2.34. The number of nitrogens with two attached hydrogens (primary N) is 1. The number of carbonyl (C=O) groups is 1. The van der Waals surface area contributed by atoms with Crippen LogP contribution in [-0.2, 0) is 27.5 Å². The van der Waals surface area contributed by atoms with Gasteiger partial charge in [0.1, 0.15) is 5.60 Å². The molecule has 4 N–H and O–H groups in total. The maximum Gasteiger partial charge on any atom is 0.317 e. The van der Waals surface area contributed by atoms with E-state index in [0.29, 0.717) is 35.3 Å². The van der Waals surface area contributed by atoms with Crippen LogP contribution in [0.4, 0.5) is 11.4 Å². The van der Waals surface area contributed by atoms with Gasteiger partial charge >= 0.3 is 8.25 Å². The monoisotopic (exact) mass is 568 g/mol. The van der Waals surface area contributed by atoms with E-state index >= 15 is 0 Å². The molecule has 202 valence electrons. The molecule has 0 radical (unpaired) electrons. The van der Waals surface area contributed by atoms with Gasteiger partial charge in [0.15, 0.2) is 0 Å². The zero-order chi connectivity index (χ0) is 28.0. The van der Waals surface area contributed by atoms with E-state index in [4.69, 9.17) is 10.3 Å². The van der Waals surface area contributed by atoms with Gasteiger partial charge in [-0.2, -0.15) is 0 Å². The van der Waals surface area contributed by atoms with E-state index in [0.717, 1.165) is 21.6 Å². The Morgan fingerprint density at radius 1 is 0.850 bits per heavy atom. The first-order valence-electron chi connectivity index (χ1n) is 12.8. The van der Waals surface area contributed by atoms with E-state index in [1.54, 1.807) is 41.7 Å². The molecule has 0 saturated heterocycles. The van der Waals surface area contributed by atoms with E-state index in [9.17, 15) is 14.3 Å². The molecular weight excluding hydrogens is 539 g/mol. The normalized spacial score (nSPS) is 12.1. The second-order valence-electron chi connectivity index (χ2n) is 9.50. The summed E-state index contributed by atoms with van der Waals surface area (Å²) in [6, 6.07) is 36.0. The Balaban J connectivity index is 1.45. The molecule has 1 amide bonds. The number of benzene rings is 4. The predicted octanol–water partition coefficient (Wildman–Crippen LogP) is 7.33. The summed E-state index contributed by atoms with van der Waals surface area (Å²) in [5.74, 6) is -0.310. The Morgan fingerprint density at radius 2 is 1.48 bits per heavy atom. The highest BCUT2D eigenvalue weighted by Gasteiger charge is 2.36. The quantitative estimate of drug-likeness (QED) is 0.121. The van der Waals surface area contributed by atoms with Crippen LogP contribution in [0.3, 0.4) is 0 Å². The third-order valence-electron chi connectivity index (χ3n) is 6.73. The Labute approximate surface area is 238 Å². The van der Waals surface area contributed by atoms with E-state index in [1.807, 2.05) is 90.3 Å². The molecule has 8 heteroatoms. The van der Waals surface area contributed by atoms with Gasteiger partial charge in [-0.3, -0.25) is 13.9 Å². The highest BCUT2D eigenvalue weighted by Crippen LogP contribution is 2.41. The van der Waals surface area contributed by atoms with Crippen LogP contribution in [0.2, 0.25) is 0 Å². The summed E-state index contributed by atoms with van der Waals surface area (Å²) in [5.41, 5.74) is 10.1. The van der Waals surface area contributed by atoms with Gasteiger partial charge in [0.2, 0.25) is 0 Å². The van der Waals surface area contributed by atoms with Crippen molar-refractivity contribution in [3.63, 3.8) is 0 Å². The number of rotatable bonds is 10. The van der Waals surface area contributed by atoms with E-state index < -0.39 is 13.9 Å². The maximum atomic E-state index is 13.2. The molecule has 6 nitrogen and oxygen atoms in total. The first-order chi connectivity index (χ1) is 19.4. The molecule has 5 rings (SSSR count). The largest absolute Gasteiger partial charge is 0.397 e. The molecule has 40 heavy (non-hydrogen) atoms. The summed E-state index contributed by atoms with van der Waals surface area (Å²) in [6.07, 6.45) is 0.745. The standard InChI is InChI=1S/C32H29N2O4PS/c33-28-18-15-26(30-12-7-19-40-30)20-29(28)34-31(35)25-13-16-27(17-14-25)32(38-39(36)37,21-23-8-3-1-4-9-23)22-24-10-5-2-6-11-24/h1-20,39H,21-22,33H2,(H,34,35)(H,36,37). The molecule has 0 fully saturated rings. The summed E-state index contributed by atoms with van der Waals surface area (Å²) < 4.78 is 18.1. The highest BCUT2D eigenvalue weighted by molar-refractivity contribution is 7.32. The summed E-state index contributed by atoms with van der Waals surface area (Å²) in [4.78, 5) is 24.3. The molecule has 5 aromatic rings. The minimum absolute atomic E-state index is 0.310. The molecule has 0 aliphatic rings. The van der Waals surface area contributed by atoms with Crippen LogP contribution in [0.15, 0.2) is 121 Å². The smallest absolute Gasteiger partial charge is 0.317 e. The van der Waals surface area contributed by atoms with E-state index in [2.05, 4.69) is 5.32 Å². The summed E-state index contributed by atoms with van der Waals surface area (Å²) in [7, 11) is -3.31. The van der Waals surface area contributed by atoms with Crippen molar-refractivity contribution in [1.29, 1.82) is 0 Å². The molecule has 1 atom stereocenters. The summed E-state index contributed by atoms with van der Waals surface area (Å²) in [6.45, 7) is 0. The first kappa shape index (κ1) is 27.6. The van der Waals surface area contributed by atoms with Gasteiger partial charge in [-0.15, -0.1) is 11.3 Å². The van der Waals surface area contributed by atoms with Gasteiger partial charge in [0.05, 0.1) is 11.4 Å². The Kier molecular flexibility index (Phi) is 8.58. The molecule has 0 bridgehead atoms. The topological polar surface area (TPSA) is 102 Å². The lowest BCUT2D eigenvalue weighted by molar-refractivity contribution is 0.0622. The Hall–Kier alpha value is -4.00. The van der Waals surface area contributed by atoms with Gasteiger partial charge in [-0.05, 0) is 58.0 Å². The van der Waals surface area contributed by atoms with Gasteiger partial charge in [0.25, 0.3) is 5.91 Å². The second kappa shape index (κ2) is 12.5. The van der Waals surface area contributed by atoms with Crippen LogP contribution in [0.1, 0.15) is 27.0 Å². The lowest BCUT2D eigenvalue weighted by Crippen LogP contribution is -2.33. The van der Waals surface area contributed by atoms with Crippen LogP contribution >= 0.6 is 19.6 Å². The van der Waals surface area contributed by atoms with Crippen molar-refractivity contribution in [1.82, 2.24) is 0 Å². The number of amides is 1. The summed E-state index contributed by atoms with van der Waals surface area (Å²) >= 11 is 1.61. The average Bonchev–Trinajstić information content (AvgIpc) is 3.50. The number of nitrogen functional groups attached to an aromatic ring is 1. The zero-order valence-electron chi connectivity index (χ0n) is 21.6. The van der Waals surface area contributed by atoms with Crippen molar-refractivity contribution in [2.45, 2.75) is 18.4 Å². The van der Waals surface area contributed by atoms with Crippen LogP contribution in [0.5, 0.6) is 0 Å². The maximum absolute atomic E-state index is 13.2. The molecule has 0 aliphatic heterocycles. The van der Waals surface area contributed by atoms with Crippen LogP contribution < -0.4 is 11.1 Å². The van der Waals surface area contributed by atoms with Crippen molar-refractivity contribution < 1.29 is 18.8 Å². The highest BCUT2D eigenvalue weighted by atomic mass is 32.1. The third-order valence-corrected chi connectivity index (χ3v) is 8.21. The van der Waals surface area contributed by atoms with Gasteiger partial charge < -0.3 is 15.9 Å². The predicted molar refractivity (Wildman–Crippen MR) is 163 cm³/mol. The van der Waals surface area contributed by atoms with Crippen molar-refractivity contribution in [2.24, 2.45) is 0 Å². The first-order valence-corrected chi connectivity index (χ1v) is 14.9. The van der Waals surface area contributed by atoms with Gasteiger partial charge in [-0.25, -0.2) is 0 Å². The van der Waals surface area contributed by atoms with Crippen LogP contribution in [0, 0.1) is 0 Å². The van der Waals surface area contributed by atoms with E-state index in [-0.39, 0.29) is 5.91 Å².